The summed E-state index contributed by atoms with van der Waals surface area (Å²) >= 11 is 6.26. The number of anilines is 2. The van der Waals surface area contributed by atoms with Crippen molar-refractivity contribution in [2.45, 2.75) is 18.9 Å². The van der Waals surface area contributed by atoms with E-state index >= 15 is 0 Å². The number of para-hydroxylation sites is 1. The second kappa shape index (κ2) is 12.0. The van der Waals surface area contributed by atoms with Crippen LogP contribution >= 0.6 is 35.6 Å². The van der Waals surface area contributed by atoms with Gasteiger partial charge in [0.2, 0.25) is 0 Å². The van der Waals surface area contributed by atoms with Gasteiger partial charge in [-0.2, -0.15) is 0 Å². The molecule has 0 radical (unpaired) electrons. The summed E-state index contributed by atoms with van der Waals surface area (Å²) in [6.45, 7) is 3.59. The van der Waals surface area contributed by atoms with E-state index < -0.39 is 0 Å². The zero-order chi connectivity index (χ0) is 18.9. The Balaban J connectivity index is 0.00000280. The molecule has 3 rings (SSSR count). The zero-order valence-corrected chi connectivity index (χ0v) is 19.2. The first kappa shape index (κ1) is 22.5. The number of guanidine groups is 1. The Morgan fingerprint density at radius 2 is 2.04 bits per heavy atom. The van der Waals surface area contributed by atoms with Crippen molar-refractivity contribution in [1.82, 2.24) is 15.6 Å². The van der Waals surface area contributed by atoms with Crippen LogP contribution in [0.5, 0.6) is 0 Å². The molecule has 0 spiro atoms. The summed E-state index contributed by atoms with van der Waals surface area (Å²) in [6, 6.07) is 14.3. The van der Waals surface area contributed by atoms with E-state index in [2.05, 4.69) is 43.0 Å². The molecule has 0 amide bonds. The summed E-state index contributed by atoms with van der Waals surface area (Å²) in [5.74, 6) is 1.70. The molecule has 0 saturated carbocycles. The van der Waals surface area contributed by atoms with Crippen LogP contribution in [-0.2, 0) is 0 Å². The normalized spacial score (nSPS) is 16.4. The number of benzene rings is 1. The lowest BCUT2D eigenvalue weighted by Crippen LogP contribution is -2.45. The van der Waals surface area contributed by atoms with Crippen LogP contribution in [0.1, 0.15) is 12.8 Å². The Labute approximate surface area is 189 Å². The summed E-state index contributed by atoms with van der Waals surface area (Å²) in [5, 5.41) is 11.0. The average Bonchev–Trinajstić information content (AvgIpc) is 3.16. The number of aromatic nitrogens is 1. The monoisotopic (exact) mass is 514 g/mol. The standard InChI is InChI=1S/C20H27ClN6.HI/c1-22-20(25-13-6-12-23-16-7-3-2-4-8-16)26-17-10-14-27(15-17)19-18(21)9-5-11-24-19;/h2-5,7-9,11,17,23H,6,10,12-15H2,1H3,(H2,22,25,26);1H. The minimum Gasteiger partial charge on any atom is -0.385 e. The second-order valence-electron chi connectivity index (χ2n) is 6.53. The predicted octanol–water partition coefficient (Wildman–Crippen LogP) is 3.60. The maximum Gasteiger partial charge on any atom is 0.191 e. The fraction of sp³-hybridized carbons (Fsp3) is 0.400. The smallest absolute Gasteiger partial charge is 0.191 e. The Morgan fingerprint density at radius 1 is 1.21 bits per heavy atom. The number of nitrogens with one attached hydrogen (secondary N) is 3. The SMILES string of the molecule is CN=C(NCCCNc1ccccc1)NC1CCN(c2ncccc2Cl)C1.I. The number of hydrogen-bond acceptors (Lipinski definition) is 4. The molecule has 0 bridgehead atoms. The van der Waals surface area contributed by atoms with Gasteiger partial charge in [0.25, 0.3) is 0 Å². The van der Waals surface area contributed by atoms with Gasteiger partial charge in [-0.25, -0.2) is 4.98 Å². The molecule has 1 atom stereocenters. The summed E-state index contributed by atoms with van der Waals surface area (Å²) < 4.78 is 0. The fourth-order valence-electron chi connectivity index (χ4n) is 3.15. The van der Waals surface area contributed by atoms with Crippen LogP contribution in [0.15, 0.2) is 53.7 Å². The molecule has 152 valence electrons. The van der Waals surface area contributed by atoms with Gasteiger partial charge >= 0.3 is 0 Å². The third-order valence-corrected chi connectivity index (χ3v) is 4.84. The molecule has 1 unspecified atom stereocenters. The largest absolute Gasteiger partial charge is 0.385 e. The van der Waals surface area contributed by atoms with Gasteiger partial charge in [0, 0.05) is 51.2 Å². The van der Waals surface area contributed by atoms with Gasteiger partial charge in [0.1, 0.15) is 5.82 Å². The van der Waals surface area contributed by atoms with Crippen LogP contribution in [0.2, 0.25) is 5.02 Å². The van der Waals surface area contributed by atoms with Crippen LogP contribution in [0.25, 0.3) is 0 Å². The van der Waals surface area contributed by atoms with Crippen molar-refractivity contribution in [2.75, 3.05) is 43.4 Å². The van der Waals surface area contributed by atoms with Crippen molar-refractivity contribution in [2.24, 2.45) is 4.99 Å². The van der Waals surface area contributed by atoms with Crippen LogP contribution in [0.3, 0.4) is 0 Å². The molecule has 0 aliphatic carbocycles. The lowest BCUT2D eigenvalue weighted by molar-refractivity contribution is 0.645. The molecule has 2 aromatic rings. The van der Waals surface area contributed by atoms with Crippen LogP contribution in [0.4, 0.5) is 11.5 Å². The molecule has 1 fully saturated rings. The third kappa shape index (κ3) is 6.70. The van der Waals surface area contributed by atoms with E-state index in [4.69, 9.17) is 11.6 Å². The van der Waals surface area contributed by atoms with E-state index in [9.17, 15) is 0 Å². The second-order valence-corrected chi connectivity index (χ2v) is 6.94. The highest BCUT2D eigenvalue weighted by Crippen LogP contribution is 2.25. The first-order chi connectivity index (χ1) is 13.3. The van der Waals surface area contributed by atoms with Crippen molar-refractivity contribution < 1.29 is 0 Å². The minimum absolute atomic E-state index is 0. The van der Waals surface area contributed by atoms with Gasteiger partial charge in [-0.1, -0.05) is 29.8 Å². The first-order valence-electron chi connectivity index (χ1n) is 9.38. The molecular formula is C20H28ClIN6. The number of rotatable bonds is 7. The van der Waals surface area contributed by atoms with Crippen molar-refractivity contribution >= 4 is 53.0 Å². The summed E-state index contributed by atoms with van der Waals surface area (Å²) in [7, 11) is 1.81. The maximum absolute atomic E-state index is 6.26. The Morgan fingerprint density at radius 3 is 2.79 bits per heavy atom. The molecule has 1 aliphatic heterocycles. The summed E-state index contributed by atoms with van der Waals surface area (Å²) in [4.78, 5) is 11.0. The lowest BCUT2D eigenvalue weighted by atomic mass is 10.3. The van der Waals surface area contributed by atoms with Crippen LogP contribution in [-0.4, -0.2) is 50.2 Å². The quantitative estimate of drug-likeness (QED) is 0.228. The zero-order valence-electron chi connectivity index (χ0n) is 16.1. The van der Waals surface area contributed by atoms with Crippen molar-refractivity contribution in [3.8, 4) is 0 Å². The minimum atomic E-state index is 0. The van der Waals surface area contributed by atoms with Gasteiger partial charge in [-0.3, -0.25) is 4.99 Å². The van der Waals surface area contributed by atoms with Gasteiger partial charge in [-0.05, 0) is 37.1 Å². The van der Waals surface area contributed by atoms with E-state index in [-0.39, 0.29) is 24.0 Å². The lowest BCUT2D eigenvalue weighted by Gasteiger charge is -2.20. The molecule has 3 N–H and O–H groups in total. The summed E-state index contributed by atoms with van der Waals surface area (Å²) in [6.07, 6.45) is 3.82. The molecule has 1 aliphatic rings. The fourth-order valence-corrected chi connectivity index (χ4v) is 3.39. The van der Waals surface area contributed by atoms with Gasteiger partial charge in [0.15, 0.2) is 5.96 Å². The van der Waals surface area contributed by atoms with E-state index in [1.165, 1.54) is 0 Å². The number of pyridine rings is 1. The molecule has 1 aromatic carbocycles. The number of nitrogens with zero attached hydrogens (tertiary/aromatic N) is 3. The highest BCUT2D eigenvalue weighted by Gasteiger charge is 2.25. The molecule has 2 heterocycles. The Kier molecular flexibility index (Phi) is 9.63. The highest BCUT2D eigenvalue weighted by molar-refractivity contribution is 14.0. The molecule has 1 aromatic heterocycles. The van der Waals surface area contributed by atoms with Crippen LogP contribution in [0, 0.1) is 0 Å². The number of hydrogen-bond donors (Lipinski definition) is 3. The summed E-state index contributed by atoms with van der Waals surface area (Å²) in [5.41, 5.74) is 1.15. The molecule has 28 heavy (non-hydrogen) atoms. The molecular weight excluding hydrogens is 487 g/mol. The Hall–Kier alpha value is -1.74. The van der Waals surface area contributed by atoms with Gasteiger partial charge < -0.3 is 20.9 Å². The predicted molar refractivity (Wildman–Crippen MR) is 129 cm³/mol. The van der Waals surface area contributed by atoms with E-state index in [0.29, 0.717) is 11.1 Å². The molecule has 8 heteroatoms. The highest BCUT2D eigenvalue weighted by atomic mass is 127. The number of halogens is 2. The van der Waals surface area contributed by atoms with Gasteiger partial charge in [-0.15, -0.1) is 24.0 Å². The van der Waals surface area contributed by atoms with Crippen molar-refractivity contribution in [1.29, 1.82) is 0 Å². The van der Waals surface area contributed by atoms with E-state index in [0.717, 1.165) is 56.5 Å². The number of aliphatic imine (C=N–C) groups is 1. The van der Waals surface area contributed by atoms with Crippen molar-refractivity contribution in [3.63, 3.8) is 0 Å². The average molecular weight is 515 g/mol. The maximum atomic E-state index is 6.26. The van der Waals surface area contributed by atoms with Crippen molar-refractivity contribution in [3.05, 3.63) is 53.7 Å². The first-order valence-corrected chi connectivity index (χ1v) is 9.75. The molecule has 1 saturated heterocycles. The Bertz CT molecular complexity index is 742. The topological polar surface area (TPSA) is 64.6 Å². The van der Waals surface area contributed by atoms with E-state index in [1.54, 1.807) is 13.2 Å². The third-order valence-electron chi connectivity index (χ3n) is 4.54. The molecule has 6 nitrogen and oxygen atoms in total. The van der Waals surface area contributed by atoms with Gasteiger partial charge in [0.05, 0.1) is 5.02 Å². The van der Waals surface area contributed by atoms with E-state index in [1.807, 2.05) is 30.3 Å². The van der Waals surface area contributed by atoms with Crippen LogP contribution < -0.4 is 20.9 Å².